The van der Waals surface area contributed by atoms with Gasteiger partial charge in [-0.25, -0.2) is 0 Å². The van der Waals surface area contributed by atoms with Gasteiger partial charge in [0.2, 0.25) is 0 Å². The summed E-state index contributed by atoms with van der Waals surface area (Å²) in [5.41, 5.74) is -0.656. The lowest BCUT2D eigenvalue weighted by molar-refractivity contribution is 0.574. The number of halogens is 4. The van der Waals surface area contributed by atoms with E-state index in [2.05, 4.69) is 19.6 Å². The highest BCUT2D eigenvalue weighted by molar-refractivity contribution is 7.34. The Labute approximate surface area is 95.3 Å². The Morgan fingerprint density at radius 1 is 1.17 bits per heavy atom. The molecule has 0 saturated heterocycles. The Morgan fingerprint density at radius 2 is 1.50 bits per heavy atom. The van der Waals surface area contributed by atoms with Crippen molar-refractivity contribution in [3.05, 3.63) is 0 Å². The predicted octanol–water partition coefficient (Wildman–Crippen LogP) is 3.74. The number of hydrogen-bond donors (Lipinski definition) is 0. The van der Waals surface area contributed by atoms with Crippen LogP contribution in [-0.2, 0) is 0 Å². The SMILES string of the molecule is CC(Cl)(Cl)N(B(Cl)Cl)[Si](C)(C)C. The molecule has 0 saturated carbocycles. The van der Waals surface area contributed by atoms with Gasteiger partial charge in [0, 0.05) is 0 Å². The zero-order valence-electron chi connectivity index (χ0n) is 7.54. The molecule has 1 nitrogen and oxygen atoms in total. The van der Waals surface area contributed by atoms with Gasteiger partial charge in [-0.3, -0.25) is 0 Å². The van der Waals surface area contributed by atoms with Gasteiger partial charge in [-0.15, -0.1) is 22.9 Å². The minimum atomic E-state index is -1.68. The second-order valence-electron chi connectivity index (χ2n) is 3.66. The van der Waals surface area contributed by atoms with Gasteiger partial charge in [-0.05, 0) is 6.92 Å². The summed E-state index contributed by atoms with van der Waals surface area (Å²) in [6, 6.07) is 0. The van der Waals surface area contributed by atoms with Crippen LogP contribution < -0.4 is 0 Å². The lowest BCUT2D eigenvalue weighted by Crippen LogP contribution is -2.57. The van der Waals surface area contributed by atoms with Crippen molar-refractivity contribution in [3.8, 4) is 0 Å². The maximum Gasteiger partial charge on any atom is 0.430 e. The molecule has 0 aliphatic heterocycles. The summed E-state index contributed by atoms with van der Waals surface area (Å²) < 4.78 is 0.741. The molecule has 0 fully saturated rings. The van der Waals surface area contributed by atoms with Gasteiger partial charge < -0.3 is 4.48 Å². The Morgan fingerprint density at radius 3 is 1.50 bits per heavy atom. The molecule has 0 aliphatic carbocycles. The fraction of sp³-hybridized carbons (Fsp3) is 1.00. The topological polar surface area (TPSA) is 3.24 Å². The first-order valence-corrected chi connectivity index (χ1v) is 8.60. The van der Waals surface area contributed by atoms with Crippen LogP contribution in [0.1, 0.15) is 6.92 Å². The van der Waals surface area contributed by atoms with E-state index in [1.807, 2.05) is 0 Å². The van der Waals surface area contributed by atoms with Crippen molar-refractivity contribution >= 4 is 60.0 Å². The highest BCUT2D eigenvalue weighted by Crippen LogP contribution is 2.33. The summed E-state index contributed by atoms with van der Waals surface area (Å²) in [6.45, 7) is 7.90. The van der Waals surface area contributed by atoms with Crippen molar-refractivity contribution in [1.82, 2.24) is 4.48 Å². The molecule has 0 radical (unpaired) electrons. The molecule has 0 atom stereocenters. The van der Waals surface area contributed by atoms with E-state index in [-0.39, 0.29) is 0 Å². The van der Waals surface area contributed by atoms with Crippen molar-refractivity contribution in [3.63, 3.8) is 0 Å². The lowest BCUT2D eigenvalue weighted by Gasteiger charge is -2.40. The van der Waals surface area contributed by atoms with Crippen LogP contribution in [0, 0.1) is 0 Å². The Kier molecular flexibility index (Phi) is 4.78. The number of nitrogens with zero attached hydrogens (tertiary/aromatic N) is 1. The fourth-order valence-electron chi connectivity index (χ4n) is 1.05. The summed E-state index contributed by atoms with van der Waals surface area (Å²) in [7, 11) is -1.68. The zero-order chi connectivity index (χ0) is 10.2. The maximum atomic E-state index is 5.94. The molecule has 0 bridgehead atoms. The maximum absolute atomic E-state index is 5.94. The second-order valence-corrected chi connectivity index (χ2v) is 11.2. The zero-order valence-corrected chi connectivity index (χ0v) is 11.6. The van der Waals surface area contributed by atoms with Crippen LogP contribution in [0.2, 0.25) is 19.6 Å². The first-order chi connectivity index (χ1) is 5.07. The fourth-order valence-corrected chi connectivity index (χ4v) is 6.88. The van der Waals surface area contributed by atoms with E-state index < -0.39 is 18.4 Å². The van der Waals surface area contributed by atoms with Crippen LogP contribution in [0.3, 0.4) is 0 Å². The molecule has 0 amide bonds. The number of rotatable bonds is 3. The minimum Gasteiger partial charge on any atom is -0.307 e. The smallest absolute Gasteiger partial charge is 0.307 e. The third-order valence-electron chi connectivity index (χ3n) is 1.34. The second kappa shape index (κ2) is 4.28. The van der Waals surface area contributed by atoms with E-state index in [0.717, 1.165) is 0 Å². The van der Waals surface area contributed by atoms with Crippen LogP contribution in [-0.4, -0.2) is 22.8 Å². The van der Waals surface area contributed by atoms with Crippen molar-refractivity contribution in [1.29, 1.82) is 0 Å². The molecule has 0 spiro atoms. The first kappa shape index (κ1) is 13.4. The van der Waals surface area contributed by atoms with E-state index in [9.17, 15) is 0 Å². The van der Waals surface area contributed by atoms with Crippen molar-refractivity contribution < 1.29 is 0 Å². The largest absolute Gasteiger partial charge is 0.430 e. The molecule has 0 rings (SSSR count). The van der Waals surface area contributed by atoms with Crippen LogP contribution in [0.5, 0.6) is 0 Å². The summed E-state index contributed by atoms with van der Waals surface area (Å²) in [6.07, 6.45) is 0. The predicted molar refractivity (Wildman–Crippen MR) is 62.8 cm³/mol. The summed E-state index contributed by atoms with van der Waals surface area (Å²) in [5, 5.41) is 0. The van der Waals surface area contributed by atoms with Crippen LogP contribution in [0.4, 0.5) is 0 Å². The average Bonchev–Trinajstić information content (AvgIpc) is 1.49. The monoisotopic (exact) mass is 265 g/mol. The van der Waals surface area contributed by atoms with Gasteiger partial charge in [0.05, 0.1) is 0 Å². The van der Waals surface area contributed by atoms with Gasteiger partial charge in [-0.2, -0.15) is 0 Å². The number of hydrogen-bond acceptors (Lipinski definition) is 1. The molecule has 12 heavy (non-hydrogen) atoms. The molecule has 0 aromatic heterocycles. The molecule has 0 unspecified atom stereocenters. The van der Waals surface area contributed by atoms with Crippen LogP contribution >= 0.6 is 46.1 Å². The molecule has 0 aromatic carbocycles. The third-order valence-corrected chi connectivity index (χ3v) is 4.86. The Balaban J connectivity index is 4.70. The van der Waals surface area contributed by atoms with Gasteiger partial charge in [-0.1, -0.05) is 42.8 Å². The van der Waals surface area contributed by atoms with Gasteiger partial charge in [0.25, 0.3) is 0 Å². The standard InChI is InChI=1S/C5H12BCl4NSi/c1-5(7,8)11(6(9)10)12(2,3)4/h1-4H3. The highest BCUT2D eigenvalue weighted by Gasteiger charge is 2.42. The first-order valence-electron chi connectivity index (χ1n) is 3.52. The lowest BCUT2D eigenvalue weighted by atomic mass is 10.3. The minimum absolute atomic E-state index is 0.656. The molecule has 0 N–H and O–H groups in total. The summed E-state index contributed by atoms with van der Waals surface area (Å²) in [4.78, 5) is 0. The molecule has 0 aliphatic rings. The van der Waals surface area contributed by atoms with Gasteiger partial charge in [0.15, 0.2) is 4.46 Å². The number of alkyl halides is 2. The van der Waals surface area contributed by atoms with E-state index in [0.29, 0.717) is 0 Å². The Bertz CT molecular complexity index is 139. The third kappa shape index (κ3) is 4.07. The highest BCUT2D eigenvalue weighted by atomic mass is 35.5. The van der Waals surface area contributed by atoms with E-state index in [4.69, 9.17) is 46.1 Å². The van der Waals surface area contributed by atoms with Gasteiger partial charge >= 0.3 is 5.68 Å². The Hall–Kier alpha value is 1.40. The van der Waals surface area contributed by atoms with Crippen LogP contribution in [0.15, 0.2) is 0 Å². The van der Waals surface area contributed by atoms with Crippen molar-refractivity contribution in [2.45, 2.75) is 31.0 Å². The summed E-state index contributed by atoms with van der Waals surface area (Å²) >= 11 is 23.4. The molecule has 7 heteroatoms. The normalized spacial score (nSPS) is 13.8. The van der Waals surface area contributed by atoms with E-state index in [1.54, 1.807) is 11.4 Å². The average molecular weight is 267 g/mol. The quantitative estimate of drug-likeness (QED) is 0.427. The van der Waals surface area contributed by atoms with Gasteiger partial charge in [0.1, 0.15) is 8.24 Å². The summed E-state index contributed by atoms with van der Waals surface area (Å²) in [5.74, 6) is 0. The van der Waals surface area contributed by atoms with E-state index in [1.165, 1.54) is 0 Å². The van der Waals surface area contributed by atoms with Crippen molar-refractivity contribution in [2.75, 3.05) is 0 Å². The van der Waals surface area contributed by atoms with Crippen molar-refractivity contribution in [2.24, 2.45) is 0 Å². The molecule has 72 valence electrons. The molecular formula is C5H12BCl4NSi. The molecular weight excluding hydrogens is 255 g/mol. The molecule has 0 aromatic rings. The van der Waals surface area contributed by atoms with Crippen LogP contribution in [0.25, 0.3) is 0 Å². The molecule has 0 heterocycles. The van der Waals surface area contributed by atoms with E-state index >= 15 is 0 Å².